The molecule has 0 saturated carbocycles. The molecule has 0 radical (unpaired) electrons. The predicted octanol–water partition coefficient (Wildman–Crippen LogP) is 3.42. The second kappa shape index (κ2) is 8.13. The maximum atomic E-state index is 11.2. The van der Waals surface area contributed by atoms with E-state index in [2.05, 4.69) is 34.1 Å². The van der Waals surface area contributed by atoms with Crippen molar-refractivity contribution in [3.63, 3.8) is 0 Å². The number of hydrogen-bond acceptors (Lipinski definition) is 3. The van der Waals surface area contributed by atoms with E-state index < -0.39 is 0 Å². The minimum Gasteiger partial charge on any atom is -0.369 e. The van der Waals surface area contributed by atoms with Crippen LogP contribution in [0.3, 0.4) is 0 Å². The monoisotopic (exact) mass is 363 g/mol. The van der Waals surface area contributed by atoms with E-state index in [9.17, 15) is 4.79 Å². The Balaban J connectivity index is 1.28. The van der Waals surface area contributed by atoms with Gasteiger partial charge in [-0.25, -0.2) is 0 Å². The SMILES string of the molecule is NC(=O)c1ccc(N2CCN(CCC3CCCc4ccccc43)CC2)cc1. The van der Waals surface area contributed by atoms with E-state index in [-0.39, 0.29) is 5.91 Å². The van der Waals surface area contributed by atoms with Gasteiger partial charge in [-0.05, 0) is 73.5 Å². The Morgan fingerprint density at radius 3 is 2.48 bits per heavy atom. The molecule has 2 aromatic rings. The van der Waals surface area contributed by atoms with Gasteiger partial charge in [-0.15, -0.1) is 0 Å². The van der Waals surface area contributed by atoms with E-state index in [1.54, 1.807) is 11.1 Å². The molecule has 1 atom stereocenters. The molecule has 4 nitrogen and oxygen atoms in total. The third-order valence-corrected chi connectivity index (χ3v) is 6.18. The summed E-state index contributed by atoms with van der Waals surface area (Å²) in [6, 6.07) is 16.7. The number of rotatable bonds is 5. The number of fused-ring (bicyclic) bond motifs is 1. The molecule has 27 heavy (non-hydrogen) atoms. The summed E-state index contributed by atoms with van der Waals surface area (Å²) in [4.78, 5) is 16.2. The Labute approximate surface area is 162 Å². The molecule has 0 aromatic heterocycles. The third kappa shape index (κ3) is 4.16. The third-order valence-electron chi connectivity index (χ3n) is 6.18. The van der Waals surface area contributed by atoms with Crippen LogP contribution in [0.1, 0.15) is 46.7 Å². The summed E-state index contributed by atoms with van der Waals surface area (Å²) in [6.07, 6.45) is 5.18. The maximum absolute atomic E-state index is 11.2. The topological polar surface area (TPSA) is 49.6 Å². The highest BCUT2D eigenvalue weighted by Crippen LogP contribution is 2.34. The van der Waals surface area contributed by atoms with Crippen LogP contribution in [0.2, 0.25) is 0 Å². The summed E-state index contributed by atoms with van der Waals surface area (Å²) < 4.78 is 0. The Morgan fingerprint density at radius 2 is 1.74 bits per heavy atom. The fraction of sp³-hybridized carbons (Fsp3) is 0.435. The maximum Gasteiger partial charge on any atom is 0.248 e. The second-order valence-electron chi connectivity index (χ2n) is 7.82. The highest BCUT2D eigenvalue weighted by atomic mass is 16.1. The Bertz CT molecular complexity index is 778. The Morgan fingerprint density at radius 1 is 1.00 bits per heavy atom. The normalized spacial score (nSPS) is 20.3. The van der Waals surface area contributed by atoms with Crippen molar-refractivity contribution in [3.05, 3.63) is 65.2 Å². The van der Waals surface area contributed by atoms with Gasteiger partial charge in [-0.2, -0.15) is 0 Å². The first-order valence-electron chi connectivity index (χ1n) is 10.2. The van der Waals surface area contributed by atoms with E-state index in [1.165, 1.54) is 37.9 Å². The van der Waals surface area contributed by atoms with Crippen LogP contribution in [0.25, 0.3) is 0 Å². The van der Waals surface area contributed by atoms with Gasteiger partial charge in [0.2, 0.25) is 5.91 Å². The average Bonchev–Trinajstić information content (AvgIpc) is 2.72. The molecule has 2 N–H and O–H groups in total. The largest absolute Gasteiger partial charge is 0.369 e. The quantitative estimate of drug-likeness (QED) is 0.886. The van der Waals surface area contributed by atoms with E-state index >= 15 is 0 Å². The summed E-state index contributed by atoms with van der Waals surface area (Å²) in [5.74, 6) is 0.366. The molecule has 1 aliphatic carbocycles. The van der Waals surface area contributed by atoms with Gasteiger partial charge in [0.15, 0.2) is 0 Å². The highest BCUT2D eigenvalue weighted by Gasteiger charge is 2.22. The zero-order chi connectivity index (χ0) is 18.6. The molecule has 1 aliphatic heterocycles. The molecule has 0 bridgehead atoms. The molecule has 4 heteroatoms. The molecule has 1 saturated heterocycles. The zero-order valence-electron chi connectivity index (χ0n) is 15.9. The lowest BCUT2D eigenvalue weighted by Crippen LogP contribution is -2.46. The van der Waals surface area contributed by atoms with Crippen molar-refractivity contribution in [3.8, 4) is 0 Å². The van der Waals surface area contributed by atoms with Crippen LogP contribution >= 0.6 is 0 Å². The zero-order valence-corrected chi connectivity index (χ0v) is 15.9. The van der Waals surface area contributed by atoms with E-state index in [0.29, 0.717) is 5.56 Å². The minimum absolute atomic E-state index is 0.365. The lowest BCUT2D eigenvalue weighted by molar-refractivity contribution is 0.100. The number of hydrogen-bond donors (Lipinski definition) is 1. The fourth-order valence-corrected chi connectivity index (χ4v) is 4.56. The van der Waals surface area contributed by atoms with Gasteiger partial charge in [0.25, 0.3) is 0 Å². The van der Waals surface area contributed by atoms with Crippen molar-refractivity contribution in [1.29, 1.82) is 0 Å². The van der Waals surface area contributed by atoms with Gasteiger partial charge in [0.05, 0.1) is 0 Å². The minimum atomic E-state index is -0.365. The number of aryl methyl sites for hydroxylation is 1. The van der Waals surface area contributed by atoms with Gasteiger partial charge in [0, 0.05) is 37.4 Å². The molecule has 142 valence electrons. The van der Waals surface area contributed by atoms with Crippen LogP contribution in [-0.2, 0) is 6.42 Å². The van der Waals surface area contributed by atoms with E-state index in [1.807, 2.05) is 24.3 Å². The first kappa shape index (κ1) is 18.1. The van der Waals surface area contributed by atoms with E-state index in [0.717, 1.165) is 32.1 Å². The number of anilines is 1. The van der Waals surface area contributed by atoms with Crippen molar-refractivity contribution in [2.24, 2.45) is 5.73 Å². The van der Waals surface area contributed by atoms with Gasteiger partial charge >= 0.3 is 0 Å². The van der Waals surface area contributed by atoms with Crippen LogP contribution in [0, 0.1) is 0 Å². The van der Waals surface area contributed by atoms with Crippen LogP contribution in [0.15, 0.2) is 48.5 Å². The number of benzene rings is 2. The molecule has 2 aromatic carbocycles. The molecular weight excluding hydrogens is 334 g/mol. The van der Waals surface area contributed by atoms with Crippen LogP contribution < -0.4 is 10.6 Å². The number of carbonyl (C=O) groups excluding carboxylic acids is 1. The predicted molar refractivity (Wildman–Crippen MR) is 110 cm³/mol. The second-order valence-corrected chi connectivity index (χ2v) is 7.82. The smallest absolute Gasteiger partial charge is 0.248 e. The molecule has 1 unspecified atom stereocenters. The van der Waals surface area contributed by atoms with E-state index in [4.69, 9.17) is 5.73 Å². The molecule has 0 spiro atoms. The van der Waals surface area contributed by atoms with Crippen LogP contribution in [0.5, 0.6) is 0 Å². The van der Waals surface area contributed by atoms with Crippen LogP contribution in [0.4, 0.5) is 5.69 Å². The fourth-order valence-electron chi connectivity index (χ4n) is 4.56. The van der Waals surface area contributed by atoms with Gasteiger partial charge in [-0.1, -0.05) is 24.3 Å². The molecule has 1 heterocycles. The number of primary amides is 1. The van der Waals surface area contributed by atoms with Gasteiger partial charge in [0.1, 0.15) is 0 Å². The summed E-state index contributed by atoms with van der Waals surface area (Å²) in [6.45, 7) is 5.47. The van der Waals surface area contributed by atoms with Crippen molar-refractivity contribution >= 4 is 11.6 Å². The lowest BCUT2D eigenvalue weighted by atomic mass is 9.81. The molecule has 1 amide bonds. The number of nitrogens with zero attached hydrogens (tertiary/aromatic N) is 2. The average molecular weight is 364 g/mol. The Hall–Kier alpha value is -2.33. The summed E-state index contributed by atoms with van der Waals surface area (Å²) >= 11 is 0. The van der Waals surface area contributed by atoms with Gasteiger partial charge in [-0.3, -0.25) is 9.69 Å². The highest BCUT2D eigenvalue weighted by molar-refractivity contribution is 5.93. The first-order chi connectivity index (χ1) is 13.2. The lowest BCUT2D eigenvalue weighted by Gasteiger charge is -2.37. The summed E-state index contributed by atoms with van der Waals surface area (Å²) in [5.41, 5.74) is 10.2. The van der Waals surface area contributed by atoms with Crippen molar-refractivity contribution in [1.82, 2.24) is 4.90 Å². The molecular formula is C23H29N3O. The number of nitrogens with two attached hydrogens (primary N) is 1. The van der Waals surface area contributed by atoms with Crippen LogP contribution in [-0.4, -0.2) is 43.5 Å². The van der Waals surface area contributed by atoms with Crippen molar-refractivity contribution < 1.29 is 4.79 Å². The first-order valence-corrected chi connectivity index (χ1v) is 10.2. The molecule has 2 aliphatic rings. The standard InChI is InChI=1S/C23H29N3O/c24-23(27)20-8-10-21(11-9-20)26-16-14-25(15-17-26)13-12-19-6-3-5-18-4-1-2-7-22(18)19/h1-2,4,7-11,19H,3,5-6,12-17H2,(H2,24,27). The molecule has 1 fully saturated rings. The summed E-state index contributed by atoms with van der Waals surface area (Å²) in [7, 11) is 0. The van der Waals surface area contributed by atoms with Gasteiger partial charge < -0.3 is 10.6 Å². The summed E-state index contributed by atoms with van der Waals surface area (Å²) in [5, 5.41) is 0. The Kier molecular flexibility index (Phi) is 5.44. The van der Waals surface area contributed by atoms with Crippen molar-refractivity contribution in [2.75, 3.05) is 37.6 Å². The molecule has 4 rings (SSSR count). The number of amides is 1. The number of piperazine rings is 1. The number of carbonyl (C=O) groups is 1. The van der Waals surface area contributed by atoms with Crippen molar-refractivity contribution in [2.45, 2.75) is 31.6 Å².